The summed E-state index contributed by atoms with van der Waals surface area (Å²) in [6.07, 6.45) is 0.781. The Morgan fingerprint density at radius 2 is 1.90 bits per heavy atom. The molecule has 118 valence electrons. The third-order valence-electron chi connectivity index (χ3n) is 4.16. The van der Waals surface area contributed by atoms with Gasteiger partial charge in [-0.15, -0.1) is 0 Å². The molecule has 0 aliphatic carbocycles. The van der Waals surface area contributed by atoms with Crippen molar-refractivity contribution < 1.29 is 9.53 Å². The van der Waals surface area contributed by atoms with Crippen molar-refractivity contribution in [2.45, 2.75) is 45.7 Å². The molecular weight excluding hydrogens is 254 g/mol. The van der Waals surface area contributed by atoms with Crippen LogP contribution in [0.3, 0.4) is 0 Å². The zero-order valence-corrected chi connectivity index (χ0v) is 13.7. The van der Waals surface area contributed by atoms with Crippen LogP contribution in [0.4, 0.5) is 0 Å². The van der Waals surface area contributed by atoms with Crippen molar-refractivity contribution in [2.24, 2.45) is 0 Å². The number of nitrogens with zero attached hydrogens (tertiary/aromatic N) is 2. The van der Waals surface area contributed by atoms with Crippen molar-refractivity contribution in [3.8, 4) is 0 Å². The summed E-state index contributed by atoms with van der Waals surface area (Å²) in [4.78, 5) is 17.0. The van der Waals surface area contributed by atoms with Crippen LogP contribution in [0.15, 0.2) is 0 Å². The molecule has 1 heterocycles. The number of nitrogens with one attached hydrogen (secondary N) is 1. The van der Waals surface area contributed by atoms with Crippen LogP contribution in [-0.2, 0) is 9.53 Å². The van der Waals surface area contributed by atoms with Gasteiger partial charge in [-0.05, 0) is 40.8 Å². The summed E-state index contributed by atoms with van der Waals surface area (Å²) in [6.45, 7) is 13.6. The minimum absolute atomic E-state index is 0.136. The molecule has 1 aliphatic heterocycles. The maximum atomic E-state index is 12.2. The molecular formula is C15H31N3O2. The molecule has 5 nitrogen and oxygen atoms in total. The van der Waals surface area contributed by atoms with Gasteiger partial charge in [0.05, 0.1) is 6.61 Å². The smallest absolute Gasteiger partial charge is 0.326 e. The summed E-state index contributed by atoms with van der Waals surface area (Å²) in [5.41, 5.74) is -0.590. The highest BCUT2D eigenvalue weighted by atomic mass is 16.5. The lowest BCUT2D eigenvalue weighted by Crippen LogP contribution is -2.56. The number of likely N-dealkylation sites (N-methyl/N-ethyl adjacent to an activating group) is 2. The van der Waals surface area contributed by atoms with E-state index in [9.17, 15) is 4.79 Å². The van der Waals surface area contributed by atoms with Gasteiger partial charge in [-0.1, -0.05) is 6.92 Å². The van der Waals surface area contributed by atoms with Crippen LogP contribution in [0.5, 0.6) is 0 Å². The van der Waals surface area contributed by atoms with Gasteiger partial charge in [-0.2, -0.15) is 0 Å². The molecule has 20 heavy (non-hydrogen) atoms. The topological polar surface area (TPSA) is 44.8 Å². The van der Waals surface area contributed by atoms with Crippen LogP contribution in [-0.4, -0.2) is 73.7 Å². The molecule has 1 rings (SSSR count). The summed E-state index contributed by atoms with van der Waals surface area (Å²) in [6, 6.07) is 0.372. The molecule has 5 heteroatoms. The molecule has 1 saturated heterocycles. The van der Waals surface area contributed by atoms with E-state index in [2.05, 4.69) is 29.1 Å². The first-order valence-electron chi connectivity index (χ1n) is 7.77. The monoisotopic (exact) mass is 285 g/mol. The van der Waals surface area contributed by atoms with Crippen LogP contribution >= 0.6 is 0 Å². The first kappa shape index (κ1) is 17.4. The Morgan fingerprint density at radius 3 is 2.40 bits per heavy atom. The first-order chi connectivity index (χ1) is 9.42. The van der Waals surface area contributed by atoms with E-state index in [1.54, 1.807) is 0 Å². The normalized spacial score (nSPS) is 22.2. The van der Waals surface area contributed by atoms with Crippen LogP contribution in [0.1, 0.15) is 34.1 Å². The van der Waals surface area contributed by atoms with E-state index < -0.39 is 5.54 Å². The van der Waals surface area contributed by atoms with Gasteiger partial charge in [0.1, 0.15) is 5.54 Å². The molecule has 0 aromatic carbocycles. The van der Waals surface area contributed by atoms with E-state index in [0.717, 1.165) is 39.1 Å². The average Bonchev–Trinajstić information content (AvgIpc) is 2.39. The van der Waals surface area contributed by atoms with Gasteiger partial charge < -0.3 is 15.0 Å². The molecule has 0 amide bonds. The predicted molar refractivity (Wildman–Crippen MR) is 81.9 cm³/mol. The zero-order chi connectivity index (χ0) is 15.2. The number of carbonyl (C=O) groups excluding carboxylic acids is 1. The predicted octanol–water partition coefficient (Wildman–Crippen LogP) is 0.944. The van der Waals surface area contributed by atoms with Gasteiger partial charge in [0.25, 0.3) is 0 Å². The summed E-state index contributed by atoms with van der Waals surface area (Å²) in [5, 5.41) is 3.31. The number of ether oxygens (including phenoxy) is 1. The van der Waals surface area contributed by atoms with Gasteiger partial charge in [0.15, 0.2) is 0 Å². The second-order valence-corrected chi connectivity index (χ2v) is 5.98. The highest BCUT2D eigenvalue weighted by Crippen LogP contribution is 2.19. The Hall–Kier alpha value is -0.650. The molecule has 1 aliphatic rings. The molecule has 0 aromatic heterocycles. The van der Waals surface area contributed by atoms with Crippen molar-refractivity contribution in [3.63, 3.8) is 0 Å². The fourth-order valence-electron chi connectivity index (χ4n) is 2.89. The number of hydrogen-bond acceptors (Lipinski definition) is 5. The Labute approximate surface area is 123 Å². The number of carbonyl (C=O) groups is 1. The molecule has 2 unspecified atom stereocenters. The Kier molecular flexibility index (Phi) is 6.92. The van der Waals surface area contributed by atoms with Gasteiger partial charge in [-0.25, -0.2) is 0 Å². The zero-order valence-electron chi connectivity index (χ0n) is 13.7. The third-order valence-corrected chi connectivity index (χ3v) is 4.16. The summed E-state index contributed by atoms with van der Waals surface area (Å²) >= 11 is 0. The van der Waals surface area contributed by atoms with E-state index in [0.29, 0.717) is 12.6 Å². The fraction of sp³-hybridized carbons (Fsp3) is 0.933. The highest BCUT2D eigenvalue weighted by molar-refractivity contribution is 5.80. The Morgan fingerprint density at radius 1 is 1.30 bits per heavy atom. The van der Waals surface area contributed by atoms with Gasteiger partial charge in [0, 0.05) is 32.2 Å². The maximum absolute atomic E-state index is 12.2. The third kappa shape index (κ3) is 4.72. The molecule has 0 aromatic rings. The summed E-state index contributed by atoms with van der Waals surface area (Å²) < 4.78 is 5.24. The van der Waals surface area contributed by atoms with Gasteiger partial charge in [0.2, 0.25) is 0 Å². The largest absolute Gasteiger partial charge is 0.465 e. The molecule has 0 saturated carbocycles. The van der Waals surface area contributed by atoms with E-state index in [1.165, 1.54) is 0 Å². The quantitative estimate of drug-likeness (QED) is 0.706. The minimum atomic E-state index is -0.590. The lowest BCUT2D eigenvalue weighted by atomic mass is 9.92. The van der Waals surface area contributed by atoms with Crippen LogP contribution < -0.4 is 5.32 Å². The minimum Gasteiger partial charge on any atom is -0.465 e. The second kappa shape index (κ2) is 7.96. The van der Waals surface area contributed by atoms with Crippen molar-refractivity contribution in [3.05, 3.63) is 0 Å². The molecule has 0 radical (unpaired) electrons. The molecule has 0 bridgehead atoms. The van der Waals surface area contributed by atoms with E-state index in [4.69, 9.17) is 4.74 Å². The van der Waals surface area contributed by atoms with Crippen molar-refractivity contribution in [1.82, 2.24) is 15.1 Å². The van der Waals surface area contributed by atoms with Crippen molar-refractivity contribution in [1.29, 1.82) is 0 Å². The SMILES string of the molecule is CCNC(C)(CC(C)N1CCN(C)CC1)C(=O)OCC. The van der Waals surface area contributed by atoms with Gasteiger partial charge >= 0.3 is 5.97 Å². The first-order valence-corrected chi connectivity index (χ1v) is 7.77. The molecule has 2 atom stereocenters. The second-order valence-electron chi connectivity index (χ2n) is 5.98. The standard InChI is InChI=1S/C15H31N3O2/c1-6-16-15(4,14(19)20-7-2)12-13(3)18-10-8-17(5)9-11-18/h13,16H,6-12H2,1-5H3. The lowest BCUT2D eigenvalue weighted by Gasteiger charge is -2.40. The van der Waals surface area contributed by atoms with Crippen LogP contribution in [0.25, 0.3) is 0 Å². The highest BCUT2D eigenvalue weighted by Gasteiger charge is 2.37. The van der Waals surface area contributed by atoms with Crippen LogP contribution in [0, 0.1) is 0 Å². The summed E-state index contributed by atoms with van der Waals surface area (Å²) in [5.74, 6) is -0.136. The summed E-state index contributed by atoms with van der Waals surface area (Å²) in [7, 11) is 2.16. The molecule has 0 spiro atoms. The van der Waals surface area contributed by atoms with Crippen LogP contribution in [0.2, 0.25) is 0 Å². The van der Waals surface area contributed by atoms with Crippen molar-refractivity contribution >= 4 is 5.97 Å². The van der Waals surface area contributed by atoms with E-state index >= 15 is 0 Å². The van der Waals surface area contributed by atoms with Crippen molar-refractivity contribution in [2.75, 3.05) is 46.4 Å². The number of rotatable bonds is 7. The average molecular weight is 285 g/mol. The number of esters is 1. The van der Waals surface area contributed by atoms with E-state index in [1.807, 2.05) is 20.8 Å². The van der Waals surface area contributed by atoms with Gasteiger partial charge in [-0.3, -0.25) is 9.69 Å². The Balaban J connectivity index is 2.62. The fourth-order valence-corrected chi connectivity index (χ4v) is 2.89. The number of piperazine rings is 1. The molecule has 1 fully saturated rings. The Bertz CT molecular complexity index is 303. The molecule has 1 N–H and O–H groups in total. The maximum Gasteiger partial charge on any atom is 0.326 e. The number of hydrogen-bond donors (Lipinski definition) is 1. The van der Waals surface area contributed by atoms with E-state index in [-0.39, 0.29) is 5.97 Å². The lowest BCUT2D eigenvalue weighted by molar-refractivity contribution is -0.151.